The zero-order valence-corrected chi connectivity index (χ0v) is 8.25. The maximum absolute atomic E-state index is 10.3. The second-order valence-corrected chi connectivity index (χ2v) is 2.99. The summed E-state index contributed by atoms with van der Waals surface area (Å²) < 4.78 is 0. The third-order valence-electron chi connectivity index (χ3n) is 1.65. The largest absolute Gasteiger partial charge is 0.370 e. The Balaban J connectivity index is 3.14. The van der Waals surface area contributed by atoms with Crippen molar-refractivity contribution in [3.05, 3.63) is 12.2 Å². The van der Waals surface area contributed by atoms with Crippen molar-refractivity contribution in [2.24, 2.45) is 11.5 Å². The van der Waals surface area contributed by atoms with E-state index in [1.807, 2.05) is 0 Å². The van der Waals surface area contributed by atoms with Crippen LogP contribution in [0, 0.1) is 5.41 Å². The van der Waals surface area contributed by atoms with E-state index in [1.165, 1.54) is 6.08 Å². The summed E-state index contributed by atoms with van der Waals surface area (Å²) in [6.45, 7) is 0.731. The number of nitrogens with one attached hydrogen (secondary N) is 2. The van der Waals surface area contributed by atoms with E-state index in [0.717, 1.165) is 32.2 Å². The number of rotatable bonds is 7. The predicted octanol–water partition coefficient (Wildman–Crippen LogP) is 0.0714. The average Bonchev–Trinajstić information content (AvgIpc) is 2.08. The zero-order valence-electron chi connectivity index (χ0n) is 8.25. The van der Waals surface area contributed by atoms with Crippen LogP contribution in [0.1, 0.15) is 25.7 Å². The van der Waals surface area contributed by atoms with Gasteiger partial charge in [-0.2, -0.15) is 0 Å². The van der Waals surface area contributed by atoms with E-state index in [1.54, 1.807) is 6.08 Å². The highest BCUT2D eigenvalue weighted by Crippen LogP contribution is 1.99. The van der Waals surface area contributed by atoms with Crippen molar-refractivity contribution in [1.29, 1.82) is 5.41 Å². The van der Waals surface area contributed by atoms with E-state index in [9.17, 15) is 4.79 Å². The molecule has 0 rings (SSSR count). The first kappa shape index (κ1) is 12.5. The molecule has 14 heavy (non-hydrogen) atoms. The van der Waals surface area contributed by atoms with E-state index >= 15 is 0 Å². The van der Waals surface area contributed by atoms with Crippen molar-refractivity contribution in [1.82, 2.24) is 5.32 Å². The fourth-order valence-electron chi connectivity index (χ4n) is 0.987. The molecule has 6 N–H and O–H groups in total. The summed E-state index contributed by atoms with van der Waals surface area (Å²) in [6.07, 6.45) is 7.06. The van der Waals surface area contributed by atoms with Gasteiger partial charge in [-0.1, -0.05) is 12.5 Å². The fraction of sp³-hybridized carbons (Fsp3) is 0.556. The Morgan fingerprint density at radius 1 is 1.29 bits per heavy atom. The quantitative estimate of drug-likeness (QED) is 0.201. The van der Waals surface area contributed by atoms with Crippen LogP contribution in [0.5, 0.6) is 0 Å². The van der Waals surface area contributed by atoms with Gasteiger partial charge in [0.05, 0.1) is 0 Å². The van der Waals surface area contributed by atoms with Crippen LogP contribution in [0.3, 0.4) is 0 Å². The van der Waals surface area contributed by atoms with Crippen molar-refractivity contribution in [3.8, 4) is 0 Å². The minimum Gasteiger partial charge on any atom is -0.370 e. The maximum Gasteiger partial charge on any atom is 0.241 e. The number of primary amides is 1. The molecule has 0 saturated carbocycles. The molecule has 0 spiro atoms. The standard InChI is InChI=1S/C9H18N4O/c10-8(14)6-4-2-1-3-5-7-13-9(11)12/h4,6H,1-3,5,7H2,(H2,10,14)(H4,11,12,13). The van der Waals surface area contributed by atoms with Gasteiger partial charge < -0.3 is 16.8 Å². The van der Waals surface area contributed by atoms with Crippen LogP contribution in [0.4, 0.5) is 0 Å². The molecule has 0 aliphatic rings. The third kappa shape index (κ3) is 10.5. The lowest BCUT2D eigenvalue weighted by molar-refractivity contribution is -0.113. The van der Waals surface area contributed by atoms with E-state index in [0.29, 0.717) is 0 Å². The normalized spacial score (nSPS) is 10.3. The highest BCUT2D eigenvalue weighted by atomic mass is 16.1. The molecule has 80 valence electrons. The summed E-state index contributed by atoms with van der Waals surface area (Å²) in [7, 11) is 0. The molecule has 0 bridgehead atoms. The molecule has 0 aromatic carbocycles. The molecule has 0 unspecified atom stereocenters. The second kappa shape index (κ2) is 8.10. The van der Waals surface area contributed by atoms with Crippen LogP contribution in [0.25, 0.3) is 0 Å². The van der Waals surface area contributed by atoms with Gasteiger partial charge >= 0.3 is 0 Å². The van der Waals surface area contributed by atoms with Gasteiger partial charge in [0.15, 0.2) is 5.96 Å². The second-order valence-electron chi connectivity index (χ2n) is 2.99. The van der Waals surface area contributed by atoms with Crippen LogP contribution in [0.15, 0.2) is 12.2 Å². The molecule has 0 heterocycles. The number of nitrogens with two attached hydrogens (primary N) is 2. The number of carbonyl (C=O) groups is 1. The Hall–Kier alpha value is -1.52. The van der Waals surface area contributed by atoms with Gasteiger partial charge in [-0.3, -0.25) is 10.2 Å². The molecule has 0 aliphatic carbocycles. The van der Waals surface area contributed by atoms with Crippen molar-refractivity contribution in [2.75, 3.05) is 6.54 Å². The van der Waals surface area contributed by atoms with Gasteiger partial charge in [-0.15, -0.1) is 0 Å². The zero-order chi connectivity index (χ0) is 10.8. The summed E-state index contributed by atoms with van der Waals surface area (Å²) in [6, 6.07) is 0. The lowest BCUT2D eigenvalue weighted by Crippen LogP contribution is -2.30. The molecule has 0 atom stereocenters. The number of carbonyl (C=O) groups excluding carboxylic acids is 1. The molecular weight excluding hydrogens is 180 g/mol. The summed E-state index contributed by atoms with van der Waals surface area (Å²) in [4.78, 5) is 10.3. The molecular formula is C9H18N4O. The Kier molecular flexibility index (Phi) is 7.22. The molecule has 0 radical (unpaired) electrons. The number of hydrogen-bond acceptors (Lipinski definition) is 2. The predicted molar refractivity (Wildman–Crippen MR) is 56.7 cm³/mol. The van der Waals surface area contributed by atoms with Gasteiger partial charge in [0.1, 0.15) is 0 Å². The Labute approximate surface area is 84.0 Å². The molecule has 0 aromatic rings. The monoisotopic (exact) mass is 198 g/mol. The van der Waals surface area contributed by atoms with Crippen LogP contribution in [-0.2, 0) is 4.79 Å². The number of allylic oxidation sites excluding steroid dienone is 1. The van der Waals surface area contributed by atoms with Crippen LogP contribution < -0.4 is 16.8 Å². The van der Waals surface area contributed by atoms with Crippen molar-refractivity contribution >= 4 is 11.9 Å². The maximum atomic E-state index is 10.3. The third-order valence-corrected chi connectivity index (χ3v) is 1.65. The Morgan fingerprint density at radius 3 is 2.57 bits per heavy atom. The lowest BCUT2D eigenvalue weighted by atomic mass is 10.2. The summed E-state index contributed by atoms with van der Waals surface area (Å²) in [5.41, 5.74) is 10.0. The van der Waals surface area contributed by atoms with E-state index < -0.39 is 5.91 Å². The van der Waals surface area contributed by atoms with E-state index in [-0.39, 0.29) is 5.96 Å². The SMILES string of the molecule is N=C(N)NCCCCCC=CC(N)=O. The minimum atomic E-state index is -0.400. The van der Waals surface area contributed by atoms with E-state index in [2.05, 4.69) is 5.32 Å². The van der Waals surface area contributed by atoms with E-state index in [4.69, 9.17) is 16.9 Å². The highest BCUT2D eigenvalue weighted by Gasteiger charge is 1.89. The Bertz CT molecular complexity index is 213. The van der Waals surface area contributed by atoms with Crippen molar-refractivity contribution in [3.63, 3.8) is 0 Å². The number of guanidine groups is 1. The van der Waals surface area contributed by atoms with Gasteiger partial charge in [-0.05, 0) is 25.3 Å². The summed E-state index contributed by atoms with van der Waals surface area (Å²) in [5, 5.41) is 9.62. The number of amides is 1. The van der Waals surface area contributed by atoms with Crippen LogP contribution in [-0.4, -0.2) is 18.4 Å². The van der Waals surface area contributed by atoms with Crippen molar-refractivity contribution < 1.29 is 4.79 Å². The van der Waals surface area contributed by atoms with Crippen LogP contribution in [0.2, 0.25) is 0 Å². The molecule has 5 nitrogen and oxygen atoms in total. The number of hydrogen-bond donors (Lipinski definition) is 4. The summed E-state index contributed by atoms with van der Waals surface area (Å²) >= 11 is 0. The first-order chi connectivity index (χ1) is 6.63. The molecule has 1 amide bonds. The van der Waals surface area contributed by atoms with Gasteiger partial charge in [0, 0.05) is 6.54 Å². The van der Waals surface area contributed by atoms with Crippen LogP contribution >= 0.6 is 0 Å². The average molecular weight is 198 g/mol. The first-order valence-corrected chi connectivity index (χ1v) is 4.67. The summed E-state index contributed by atoms with van der Waals surface area (Å²) in [5.74, 6) is -0.387. The minimum absolute atomic E-state index is 0.0126. The van der Waals surface area contributed by atoms with Gasteiger partial charge in [0.25, 0.3) is 0 Å². The van der Waals surface area contributed by atoms with Crippen molar-refractivity contribution in [2.45, 2.75) is 25.7 Å². The smallest absolute Gasteiger partial charge is 0.241 e. The topological polar surface area (TPSA) is 105 Å². The fourth-order valence-corrected chi connectivity index (χ4v) is 0.987. The highest BCUT2D eigenvalue weighted by molar-refractivity contribution is 5.85. The number of unbranched alkanes of at least 4 members (excludes halogenated alkanes) is 3. The first-order valence-electron chi connectivity index (χ1n) is 4.67. The molecule has 5 heteroatoms. The van der Waals surface area contributed by atoms with Gasteiger partial charge in [0.2, 0.25) is 5.91 Å². The Morgan fingerprint density at radius 2 is 2.00 bits per heavy atom. The molecule has 0 aromatic heterocycles. The van der Waals surface area contributed by atoms with Gasteiger partial charge in [-0.25, -0.2) is 0 Å². The lowest BCUT2D eigenvalue weighted by Gasteiger charge is -2.01. The molecule has 0 fully saturated rings. The molecule has 0 saturated heterocycles. The molecule has 0 aliphatic heterocycles.